The van der Waals surface area contributed by atoms with Crippen molar-refractivity contribution in [2.24, 2.45) is 11.3 Å². The fraction of sp³-hybridized carbons (Fsp3) is 0.696. The molecule has 1 fully saturated rings. The average Bonchev–Trinajstić information content (AvgIpc) is 3.11. The molecule has 9 heteroatoms. The number of carbonyl (C=O) groups excluding carboxylic acids is 1. The van der Waals surface area contributed by atoms with Crippen LogP contribution in [0.4, 0.5) is 0 Å². The van der Waals surface area contributed by atoms with Crippen molar-refractivity contribution in [3.05, 3.63) is 28.2 Å². The van der Waals surface area contributed by atoms with Crippen LogP contribution in [0, 0.1) is 25.2 Å². The molecule has 1 saturated heterocycles. The molecule has 2 aromatic rings. The number of esters is 1. The van der Waals surface area contributed by atoms with Gasteiger partial charge in [-0.25, -0.2) is 14.3 Å². The zero-order valence-electron chi connectivity index (χ0n) is 20.2. The van der Waals surface area contributed by atoms with E-state index in [2.05, 4.69) is 30.7 Å². The molecule has 0 aromatic carbocycles. The first kappa shape index (κ1) is 26.8. The zero-order valence-corrected chi connectivity index (χ0v) is 21.8. The Balaban J connectivity index is 0.00000363. The van der Waals surface area contributed by atoms with Crippen molar-refractivity contribution < 1.29 is 14.3 Å². The first-order valence-corrected chi connectivity index (χ1v) is 11.3. The number of methoxy groups -OCH3 is 1. The highest BCUT2D eigenvalue weighted by atomic mass is 35.5. The lowest BCUT2D eigenvalue weighted by Gasteiger charge is -2.47. The van der Waals surface area contributed by atoms with E-state index in [9.17, 15) is 4.79 Å². The highest BCUT2D eigenvalue weighted by Gasteiger charge is 2.50. The minimum atomic E-state index is -0.969. The number of hydrogen-bond acceptors (Lipinski definition) is 6. The third-order valence-corrected chi connectivity index (χ3v) is 6.79. The molecule has 1 aliphatic heterocycles. The maximum atomic E-state index is 12.9. The molecule has 0 unspecified atom stereocenters. The van der Waals surface area contributed by atoms with E-state index in [1.165, 1.54) is 7.11 Å². The molecule has 0 saturated carbocycles. The number of carbonyl (C=O) groups is 1. The number of ether oxygens (including phenoxy) is 2. The van der Waals surface area contributed by atoms with Crippen LogP contribution in [0.5, 0.6) is 0 Å². The third-order valence-electron chi connectivity index (χ3n) is 6.35. The van der Waals surface area contributed by atoms with Crippen LogP contribution in [0.15, 0.2) is 6.07 Å². The van der Waals surface area contributed by atoms with E-state index in [-0.39, 0.29) is 29.7 Å². The van der Waals surface area contributed by atoms with E-state index in [0.717, 1.165) is 35.6 Å². The minimum absolute atomic E-state index is 0. The second-order valence-electron chi connectivity index (χ2n) is 9.79. The van der Waals surface area contributed by atoms with E-state index in [1.54, 1.807) is 4.52 Å². The Morgan fingerprint density at radius 1 is 1.34 bits per heavy atom. The molecule has 0 radical (unpaired) electrons. The number of halogens is 2. The molecule has 2 atom stereocenters. The third kappa shape index (κ3) is 5.38. The smallest absolute Gasteiger partial charge is 0.339 e. The average molecular weight is 487 g/mol. The zero-order chi connectivity index (χ0) is 23.0. The van der Waals surface area contributed by atoms with Gasteiger partial charge in [0.05, 0.1) is 12.8 Å². The summed E-state index contributed by atoms with van der Waals surface area (Å²) in [6.45, 7) is 15.0. The molecular formula is C23H36Cl2N4O3. The van der Waals surface area contributed by atoms with Crippen molar-refractivity contribution in [2.75, 3.05) is 26.8 Å². The Labute approximate surface area is 202 Å². The van der Waals surface area contributed by atoms with Gasteiger partial charge in [-0.05, 0) is 38.0 Å². The SMILES string of the molecule is CCCO[C@@]1(C(=O)OC)C[C@@H](C(C)(C)C)CN(Cc2cc3nc(C)c(C)c(Cl)n3n2)C1.Cl. The van der Waals surface area contributed by atoms with Crippen molar-refractivity contribution >= 4 is 35.6 Å². The second kappa shape index (κ2) is 10.2. The first-order valence-electron chi connectivity index (χ1n) is 11.0. The molecular weight excluding hydrogens is 451 g/mol. The summed E-state index contributed by atoms with van der Waals surface area (Å²) >= 11 is 6.50. The molecule has 0 amide bonds. The molecule has 0 bridgehead atoms. The van der Waals surface area contributed by atoms with Gasteiger partial charge in [-0.15, -0.1) is 12.4 Å². The van der Waals surface area contributed by atoms with Gasteiger partial charge in [0.15, 0.2) is 11.2 Å². The fourth-order valence-electron chi connectivity index (χ4n) is 4.27. The van der Waals surface area contributed by atoms with Gasteiger partial charge >= 0.3 is 5.97 Å². The molecule has 0 N–H and O–H groups in total. The highest BCUT2D eigenvalue weighted by molar-refractivity contribution is 6.30. The molecule has 0 spiro atoms. The van der Waals surface area contributed by atoms with Crippen molar-refractivity contribution in [2.45, 2.75) is 66.5 Å². The van der Waals surface area contributed by atoms with Crippen molar-refractivity contribution in [3.63, 3.8) is 0 Å². The second-order valence-corrected chi connectivity index (χ2v) is 10.1. The summed E-state index contributed by atoms with van der Waals surface area (Å²) in [5.41, 5.74) is 2.46. The van der Waals surface area contributed by atoms with Gasteiger partial charge in [0.2, 0.25) is 0 Å². The number of likely N-dealkylation sites (tertiary alicyclic amines) is 1. The van der Waals surface area contributed by atoms with Gasteiger partial charge in [0.1, 0.15) is 5.15 Å². The van der Waals surface area contributed by atoms with E-state index < -0.39 is 5.60 Å². The number of aryl methyl sites for hydroxylation is 1. The van der Waals surface area contributed by atoms with Crippen LogP contribution in [0.3, 0.4) is 0 Å². The summed E-state index contributed by atoms with van der Waals surface area (Å²) < 4.78 is 13.1. The lowest BCUT2D eigenvalue weighted by molar-refractivity contribution is -0.184. The van der Waals surface area contributed by atoms with Gasteiger partial charge in [-0.2, -0.15) is 5.10 Å². The molecule has 7 nitrogen and oxygen atoms in total. The molecule has 2 aromatic heterocycles. The topological polar surface area (TPSA) is 69.0 Å². The molecule has 0 aliphatic carbocycles. The van der Waals surface area contributed by atoms with E-state index >= 15 is 0 Å². The minimum Gasteiger partial charge on any atom is -0.467 e. The summed E-state index contributed by atoms with van der Waals surface area (Å²) in [7, 11) is 1.44. The summed E-state index contributed by atoms with van der Waals surface area (Å²) in [6, 6.07) is 1.96. The van der Waals surface area contributed by atoms with Crippen LogP contribution in [0.25, 0.3) is 5.65 Å². The number of hydrogen-bond donors (Lipinski definition) is 0. The summed E-state index contributed by atoms with van der Waals surface area (Å²) in [6.07, 6.45) is 1.49. The van der Waals surface area contributed by atoms with Gasteiger partial charge < -0.3 is 9.47 Å². The predicted molar refractivity (Wildman–Crippen MR) is 129 cm³/mol. The van der Waals surface area contributed by atoms with Crippen LogP contribution in [-0.4, -0.2) is 57.9 Å². The van der Waals surface area contributed by atoms with Crippen molar-refractivity contribution in [3.8, 4) is 0 Å². The lowest BCUT2D eigenvalue weighted by Crippen LogP contribution is -2.59. The summed E-state index contributed by atoms with van der Waals surface area (Å²) in [5.74, 6) is -0.0358. The summed E-state index contributed by atoms with van der Waals surface area (Å²) in [4.78, 5) is 19.8. The normalized spacial score (nSPS) is 22.1. The van der Waals surface area contributed by atoms with Crippen molar-refractivity contribution in [1.82, 2.24) is 19.5 Å². The first-order chi connectivity index (χ1) is 14.5. The Morgan fingerprint density at radius 2 is 2.03 bits per heavy atom. The van der Waals surface area contributed by atoms with Crippen LogP contribution < -0.4 is 0 Å². The van der Waals surface area contributed by atoms with Gasteiger partial charge in [-0.1, -0.05) is 39.3 Å². The maximum absolute atomic E-state index is 12.9. The van der Waals surface area contributed by atoms with Crippen LogP contribution in [0.1, 0.15) is 57.5 Å². The molecule has 3 heterocycles. The number of nitrogens with zero attached hydrogens (tertiary/aromatic N) is 4. The predicted octanol–water partition coefficient (Wildman–Crippen LogP) is 4.63. The van der Waals surface area contributed by atoms with E-state index in [4.69, 9.17) is 26.2 Å². The van der Waals surface area contributed by atoms with E-state index in [1.807, 2.05) is 26.8 Å². The Morgan fingerprint density at radius 3 is 2.62 bits per heavy atom. The molecule has 180 valence electrons. The quantitative estimate of drug-likeness (QED) is 0.437. The Kier molecular flexibility index (Phi) is 8.59. The number of rotatable bonds is 6. The van der Waals surface area contributed by atoms with E-state index in [0.29, 0.717) is 31.3 Å². The van der Waals surface area contributed by atoms with Gasteiger partial charge in [-0.3, -0.25) is 4.90 Å². The maximum Gasteiger partial charge on any atom is 0.339 e. The van der Waals surface area contributed by atoms with Crippen LogP contribution in [-0.2, 0) is 20.8 Å². The standard InChI is InChI=1S/C23H35ClN4O3.ClH/c1-8-9-31-23(21(29)30-7)11-17(22(4,5)6)12-27(14-23)13-18-10-19-25-16(3)15(2)20(24)28(19)26-18;/h10,17H,8-9,11-14H2,1-7H3;1H/t17-,23+;/m1./s1. The largest absolute Gasteiger partial charge is 0.467 e. The monoisotopic (exact) mass is 486 g/mol. The number of aromatic nitrogens is 3. The van der Waals surface area contributed by atoms with Gasteiger partial charge in [0.25, 0.3) is 0 Å². The highest BCUT2D eigenvalue weighted by Crippen LogP contribution is 2.40. The number of piperidine rings is 1. The van der Waals surface area contributed by atoms with Crippen molar-refractivity contribution in [1.29, 1.82) is 0 Å². The van der Waals surface area contributed by atoms with Crippen LogP contribution in [0.2, 0.25) is 5.15 Å². The Bertz CT molecular complexity index is 957. The fourth-order valence-corrected chi connectivity index (χ4v) is 4.53. The lowest BCUT2D eigenvalue weighted by atomic mass is 9.71. The molecule has 3 rings (SSSR count). The molecule has 32 heavy (non-hydrogen) atoms. The number of fused-ring (bicyclic) bond motifs is 1. The van der Waals surface area contributed by atoms with Crippen LogP contribution >= 0.6 is 24.0 Å². The summed E-state index contributed by atoms with van der Waals surface area (Å²) in [5, 5.41) is 5.27. The molecule has 1 aliphatic rings. The van der Waals surface area contributed by atoms with Gasteiger partial charge in [0, 0.05) is 43.6 Å². The Hall–Kier alpha value is -1.41.